The predicted octanol–water partition coefficient (Wildman–Crippen LogP) is 4.16. The first kappa shape index (κ1) is 13.2. The average Bonchev–Trinajstić information content (AvgIpc) is 2.30. The van der Waals surface area contributed by atoms with E-state index in [9.17, 15) is 4.39 Å². The normalized spacial score (nSPS) is 23.5. The molecule has 2 atom stereocenters. The van der Waals surface area contributed by atoms with Crippen molar-refractivity contribution < 1.29 is 4.39 Å². The van der Waals surface area contributed by atoms with Crippen LogP contribution in [0.3, 0.4) is 0 Å². The van der Waals surface area contributed by atoms with Gasteiger partial charge in [-0.05, 0) is 36.2 Å². The summed E-state index contributed by atoms with van der Waals surface area (Å²) in [5.41, 5.74) is 2.14. The van der Waals surface area contributed by atoms with Gasteiger partial charge < -0.3 is 5.32 Å². The molecule has 2 unspecified atom stereocenters. The zero-order valence-corrected chi connectivity index (χ0v) is 11.7. The van der Waals surface area contributed by atoms with E-state index in [0.29, 0.717) is 10.3 Å². The van der Waals surface area contributed by atoms with Crippen molar-refractivity contribution >= 4 is 23.4 Å². The van der Waals surface area contributed by atoms with E-state index in [1.54, 1.807) is 6.07 Å². The Bertz CT molecular complexity index is 411. The molecule has 1 N–H and O–H groups in total. The van der Waals surface area contributed by atoms with Gasteiger partial charge in [0.15, 0.2) is 0 Å². The van der Waals surface area contributed by atoms with E-state index in [0.717, 1.165) is 29.8 Å². The summed E-state index contributed by atoms with van der Waals surface area (Å²) in [5, 5.41) is 4.51. The second-order valence-corrected chi connectivity index (χ2v) is 5.88. The lowest BCUT2D eigenvalue weighted by molar-refractivity contribution is 0.509. The highest BCUT2D eigenvalue weighted by Gasteiger charge is 2.30. The van der Waals surface area contributed by atoms with Crippen molar-refractivity contribution in [3.05, 3.63) is 34.1 Å². The van der Waals surface area contributed by atoms with E-state index in [1.165, 1.54) is 6.07 Å². The van der Waals surface area contributed by atoms with Crippen LogP contribution in [0.25, 0.3) is 0 Å². The fraction of sp³-hybridized carbons (Fsp3) is 0.538. The first-order valence-electron chi connectivity index (χ1n) is 6.00. The molecule has 17 heavy (non-hydrogen) atoms. The van der Waals surface area contributed by atoms with Crippen LogP contribution in [-0.2, 0) is 5.75 Å². The molecule has 1 aromatic rings. The van der Waals surface area contributed by atoms with Crippen LogP contribution >= 0.6 is 23.4 Å². The van der Waals surface area contributed by atoms with E-state index >= 15 is 0 Å². The topological polar surface area (TPSA) is 12.0 Å². The Hall–Kier alpha value is -0.250. The lowest BCUT2D eigenvalue weighted by atomic mass is 9.96. The molecule has 1 nitrogen and oxygen atoms in total. The van der Waals surface area contributed by atoms with E-state index in [2.05, 4.69) is 19.2 Å². The standard InChI is InChI=1S/C13H17ClFNS/c1-3-12-13(16-4-2)9-5-8(15)6-11(14)10(9)7-17-12/h5-6,12-13,16H,3-4,7H2,1-2H3. The molecule has 0 saturated heterocycles. The zero-order chi connectivity index (χ0) is 12.4. The number of halogens is 2. The van der Waals surface area contributed by atoms with E-state index in [-0.39, 0.29) is 11.9 Å². The first-order chi connectivity index (χ1) is 8.17. The van der Waals surface area contributed by atoms with Crippen molar-refractivity contribution in [3.63, 3.8) is 0 Å². The van der Waals surface area contributed by atoms with Gasteiger partial charge in [-0.15, -0.1) is 0 Å². The number of fused-ring (bicyclic) bond motifs is 1. The van der Waals surface area contributed by atoms with Gasteiger partial charge in [-0.25, -0.2) is 4.39 Å². The highest BCUT2D eigenvalue weighted by Crippen LogP contribution is 2.42. The van der Waals surface area contributed by atoms with Crippen LogP contribution in [0, 0.1) is 5.82 Å². The largest absolute Gasteiger partial charge is 0.309 e. The second kappa shape index (κ2) is 5.59. The third-order valence-electron chi connectivity index (χ3n) is 3.17. The quantitative estimate of drug-likeness (QED) is 0.888. The van der Waals surface area contributed by atoms with Gasteiger partial charge in [-0.1, -0.05) is 25.4 Å². The Balaban J connectivity index is 2.43. The summed E-state index contributed by atoms with van der Waals surface area (Å²) < 4.78 is 13.5. The first-order valence-corrected chi connectivity index (χ1v) is 7.42. The van der Waals surface area contributed by atoms with Crippen LogP contribution < -0.4 is 5.32 Å². The summed E-state index contributed by atoms with van der Waals surface area (Å²) in [5.74, 6) is 0.646. The minimum absolute atomic E-state index is 0.215. The summed E-state index contributed by atoms with van der Waals surface area (Å²) in [6, 6.07) is 3.26. The molecule has 94 valence electrons. The molecule has 1 aliphatic heterocycles. The van der Waals surface area contributed by atoms with Crippen molar-refractivity contribution in [2.45, 2.75) is 37.3 Å². The monoisotopic (exact) mass is 273 g/mol. The molecule has 0 aromatic heterocycles. The van der Waals surface area contributed by atoms with Crippen LogP contribution in [0.4, 0.5) is 4.39 Å². The second-order valence-electron chi connectivity index (χ2n) is 4.25. The van der Waals surface area contributed by atoms with Gasteiger partial charge in [0.05, 0.1) is 0 Å². The van der Waals surface area contributed by atoms with Crippen molar-refractivity contribution in [2.24, 2.45) is 0 Å². The summed E-state index contributed by atoms with van der Waals surface area (Å²) in [6.45, 7) is 5.13. The average molecular weight is 274 g/mol. The molecule has 0 aliphatic carbocycles. The van der Waals surface area contributed by atoms with Crippen LogP contribution in [-0.4, -0.2) is 11.8 Å². The number of nitrogens with one attached hydrogen (secondary N) is 1. The number of benzene rings is 1. The predicted molar refractivity (Wildman–Crippen MR) is 73.2 cm³/mol. The van der Waals surface area contributed by atoms with Crippen LogP contribution in [0.2, 0.25) is 5.02 Å². The molecular weight excluding hydrogens is 257 g/mol. The van der Waals surface area contributed by atoms with Gasteiger partial charge in [0.1, 0.15) is 5.82 Å². The zero-order valence-electron chi connectivity index (χ0n) is 10.1. The molecule has 0 radical (unpaired) electrons. The summed E-state index contributed by atoms with van der Waals surface area (Å²) >= 11 is 8.03. The van der Waals surface area contributed by atoms with Crippen molar-refractivity contribution in [2.75, 3.05) is 6.54 Å². The number of rotatable bonds is 3. The fourth-order valence-electron chi connectivity index (χ4n) is 2.35. The van der Waals surface area contributed by atoms with Gasteiger partial charge in [-0.3, -0.25) is 0 Å². The molecule has 1 aromatic carbocycles. The molecule has 0 saturated carbocycles. The number of thioether (sulfide) groups is 1. The summed E-state index contributed by atoms with van der Waals surface area (Å²) in [4.78, 5) is 0. The smallest absolute Gasteiger partial charge is 0.125 e. The molecule has 4 heteroatoms. The van der Waals surface area contributed by atoms with Crippen molar-refractivity contribution in [3.8, 4) is 0 Å². The molecular formula is C13H17ClFNS. The number of hydrogen-bond acceptors (Lipinski definition) is 2. The van der Waals surface area contributed by atoms with E-state index < -0.39 is 0 Å². The highest BCUT2D eigenvalue weighted by atomic mass is 35.5. The van der Waals surface area contributed by atoms with Gasteiger partial charge >= 0.3 is 0 Å². The third-order valence-corrected chi connectivity index (χ3v) is 5.00. The van der Waals surface area contributed by atoms with Crippen molar-refractivity contribution in [1.82, 2.24) is 5.32 Å². The Kier molecular flexibility index (Phi) is 4.34. The molecule has 0 spiro atoms. The Morgan fingerprint density at radius 3 is 2.88 bits per heavy atom. The number of hydrogen-bond donors (Lipinski definition) is 1. The van der Waals surface area contributed by atoms with Gasteiger partial charge in [0.25, 0.3) is 0 Å². The van der Waals surface area contributed by atoms with Gasteiger partial charge in [-0.2, -0.15) is 11.8 Å². The highest BCUT2D eigenvalue weighted by molar-refractivity contribution is 7.99. The molecule has 0 bridgehead atoms. The van der Waals surface area contributed by atoms with Crippen LogP contribution in [0.15, 0.2) is 12.1 Å². The Morgan fingerprint density at radius 1 is 1.47 bits per heavy atom. The summed E-state index contributed by atoms with van der Waals surface area (Å²) in [6.07, 6.45) is 1.08. The molecule has 0 amide bonds. The van der Waals surface area contributed by atoms with E-state index in [4.69, 9.17) is 11.6 Å². The minimum Gasteiger partial charge on any atom is -0.309 e. The molecule has 0 fully saturated rings. The van der Waals surface area contributed by atoms with E-state index in [1.807, 2.05) is 11.8 Å². The van der Waals surface area contributed by atoms with Crippen LogP contribution in [0.5, 0.6) is 0 Å². The molecule has 1 heterocycles. The Morgan fingerprint density at radius 2 is 2.24 bits per heavy atom. The minimum atomic E-state index is -0.238. The lowest BCUT2D eigenvalue weighted by Gasteiger charge is -2.33. The maximum atomic E-state index is 13.5. The SMILES string of the molecule is CCNC1c2cc(F)cc(Cl)c2CSC1CC. The molecule has 1 aliphatic rings. The summed E-state index contributed by atoms with van der Waals surface area (Å²) in [7, 11) is 0. The van der Waals surface area contributed by atoms with Crippen LogP contribution in [0.1, 0.15) is 37.4 Å². The van der Waals surface area contributed by atoms with Crippen molar-refractivity contribution in [1.29, 1.82) is 0 Å². The third kappa shape index (κ3) is 2.61. The fourth-order valence-corrected chi connectivity index (χ4v) is 4.09. The maximum Gasteiger partial charge on any atom is 0.125 e. The van der Waals surface area contributed by atoms with Gasteiger partial charge in [0, 0.05) is 22.1 Å². The maximum absolute atomic E-state index is 13.5. The molecule has 2 rings (SSSR count). The van der Waals surface area contributed by atoms with Gasteiger partial charge in [0.2, 0.25) is 0 Å². The Labute approximate surface area is 111 Å². The lowest BCUT2D eigenvalue weighted by Crippen LogP contribution is -2.33.